The number of aryl methyl sites for hydroxylation is 1. The van der Waals surface area contributed by atoms with Crippen molar-refractivity contribution in [2.45, 2.75) is 45.2 Å². The van der Waals surface area contributed by atoms with Crippen molar-refractivity contribution in [1.29, 1.82) is 0 Å². The Hall–Kier alpha value is -2.82. The zero-order valence-electron chi connectivity index (χ0n) is 17.4. The Morgan fingerprint density at radius 2 is 1.79 bits per heavy atom. The van der Waals surface area contributed by atoms with Crippen molar-refractivity contribution in [1.82, 2.24) is 4.90 Å². The quantitative estimate of drug-likeness (QED) is 0.769. The zero-order valence-corrected chi connectivity index (χ0v) is 17.4. The molecule has 0 spiro atoms. The van der Waals surface area contributed by atoms with Gasteiger partial charge in [-0.25, -0.2) is 0 Å². The first kappa shape index (κ1) is 19.5. The molecule has 0 radical (unpaired) electrons. The highest BCUT2D eigenvalue weighted by atomic mass is 16.2. The van der Waals surface area contributed by atoms with Crippen LogP contribution in [0.5, 0.6) is 0 Å². The van der Waals surface area contributed by atoms with Crippen molar-refractivity contribution in [3.8, 4) is 0 Å². The number of hydrogen-bond acceptors (Lipinski definition) is 3. The lowest BCUT2D eigenvalue weighted by Gasteiger charge is -2.26. The van der Waals surface area contributed by atoms with Gasteiger partial charge < -0.3 is 15.1 Å². The largest absolute Gasteiger partial charge is 0.377 e. The van der Waals surface area contributed by atoms with Gasteiger partial charge in [0.25, 0.3) is 5.91 Å². The Kier molecular flexibility index (Phi) is 5.31. The first-order valence-electron chi connectivity index (χ1n) is 10.4. The van der Waals surface area contributed by atoms with E-state index in [0.29, 0.717) is 12.6 Å². The van der Waals surface area contributed by atoms with Gasteiger partial charge in [-0.3, -0.25) is 9.59 Å². The molecule has 4 rings (SSSR count). The van der Waals surface area contributed by atoms with Crippen molar-refractivity contribution in [2.24, 2.45) is 5.92 Å². The Bertz CT molecular complexity index is 929. The summed E-state index contributed by atoms with van der Waals surface area (Å²) in [5.41, 5.74) is 4.75. The topological polar surface area (TPSA) is 52.7 Å². The molecule has 0 saturated heterocycles. The third kappa shape index (κ3) is 4.61. The number of carbonyl (C=O) groups excluding carboxylic acids is 2. The van der Waals surface area contributed by atoms with Gasteiger partial charge >= 0.3 is 0 Å². The van der Waals surface area contributed by atoms with E-state index in [-0.39, 0.29) is 17.7 Å². The summed E-state index contributed by atoms with van der Waals surface area (Å²) in [5, 5.41) is 3.04. The van der Waals surface area contributed by atoms with Crippen LogP contribution in [-0.2, 0) is 11.3 Å². The predicted molar refractivity (Wildman–Crippen MR) is 116 cm³/mol. The van der Waals surface area contributed by atoms with Gasteiger partial charge in [0.05, 0.1) is 0 Å². The number of nitrogens with one attached hydrogen (secondary N) is 1. The number of benzene rings is 2. The van der Waals surface area contributed by atoms with Crippen LogP contribution in [0.15, 0.2) is 42.5 Å². The van der Waals surface area contributed by atoms with Crippen molar-refractivity contribution in [3.63, 3.8) is 0 Å². The van der Waals surface area contributed by atoms with Crippen molar-refractivity contribution in [2.75, 3.05) is 24.3 Å². The van der Waals surface area contributed by atoms with E-state index >= 15 is 0 Å². The van der Waals surface area contributed by atoms with Crippen LogP contribution in [0.25, 0.3) is 0 Å². The molecule has 2 aromatic carbocycles. The average molecular weight is 392 g/mol. The van der Waals surface area contributed by atoms with E-state index in [1.807, 2.05) is 68.4 Å². The second-order valence-electron chi connectivity index (χ2n) is 8.54. The first-order chi connectivity index (χ1) is 13.9. The Morgan fingerprint density at radius 1 is 1.03 bits per heavy atom. The molecule has 5 nitrogen and oxygen atoms in total. The number of nitrogens with zero attached hydrogens (tertiary/aromatic N) is 2. The van der Waals surface area contributed by atoms with Gasteiger partial charge in [-0.1, -0.05) is 17.7 Å². The summed E-state index contributed by atoms with van der Waals surface area (Å²) in [7, 11) is 4.01. The third-order valence-electron chi connectivity index (χ3n) is 5.63. The van der Waals surface area contributed by atoms with Crippen LogP contribution in [0.1, 0.15) is 47.2 Å². The van der Waals surface area contributed by atoms with Crippen LogP contribution in [0, 0.1) is 12.8 Å². The molecule has 2 saturated carbocycles. The second kappa shape index (κ2) is 7.90. The third-order valence-corrected chi connectivity index (χ3v) is 5.63. The molecular formula is C24H29N3O2. The average Bonchev–Trinajstić information content (AvgIpc) is 3.57. The van der Waals surface area contributed by atoms with Gasteiger partial charge in [0.1, 0.15) is 0 Å². The lowest BCUT2D eigenvalue weighted by molar-refractivity contribution is -0.117. The summed E-state index contributed by atoms with van der Waals surface area (Å²) in [5.74, 6) is 0.342. The molecule has 0 unspecified atom stereocenters. The Labute approximate surface area is 172 Å². The minimum atomic E-state index is 0.0772. The fourth-order valence-corrected chi connectivity index (χ4v) is 3.70. The number of anilines is 2. The molecule has 0 atom stereocenters. The maximum Gasteiger partial charge on any atom is 0.254 e. The molecule has 5 heteroatoms. The molecule has 152 valence electrons. The minimum absolute atomic E-state index is 0.0772. The molecule has 29 heavy (non-hydrogen) atoms. The summed E-state index contributed by atoms with van der Waals surface area (Å²) in [4.78, 5) is 29.5. The highest BCUT2D eigenvalue weighted by Gasteiger charge is 2.34. The monoisotopic (exact) mass is 391 g/mol. The van der Waals surface area contributed by atoms with E-state index in [4.69, 9.17) is 0 Å². The van der Waals surface area contributed by atoms with Crippen LogP contribution in [-0.4, -0.2) is 36.9 Å². The van der Waals surface area contributed by atoms with Gasteiger partial charge in [0, 0.05) is 49.5 Å². The molecule has 2 amide bonds. The van der Waals surface area contributed by atoms with Crippen LogP contribution in [0.2, 0.25) is 0 Å². The molecule has 0 aliphatic heterocycles. The van der Waals surface area contributed by atoms with E-state index < -0.39 is 0 Å². The molecule has 1 N–H and O–H groups in total. The van der Waals surface area contributed by atoms with E-state index in [2.05, 4.69) is 10.2 Å². The Morgan fingerprint density at radius 3 is 2.41 bits per heavy atom. The molecule has 2 aliphatic rings. The van der Waals surface area contributed by atoms with Crippen LogP contribution < -0.4 is 10.2 Å². The van der Waals surface area contributed by atoms with Crippen molar-refractivity contribution < 1.29 is 9.59 Å². The molecule has 0 aromatic heterocycles. The normalized spacial score (nSPS) is 15.7. The zero-order chi connectivity index (χ0) is 20.5. The van der Waals surface area contributed by atoms with E-state index in [1.54, 1.807) is 0 Å². The van der Waals surface area contributed by atoms with Gasteiger partial charge in [0.2, 0.25) is 5.91 Å². The van der Waals surface area contributed by atoms with Crippen LogP contribution in [0.4, 0.5) is 11.4 Å². The number of carbonyl (C=O) groups is 2. The summed E-state index contributed by atoms with van der Waals surface area (Å²) in [6.45, 7) is 2.55. The van der Waals surface area contributed by atoms with Gasteiger partial charge in [0.15, 0.2) is 0 Å². The number of rotatable bonds is 7. The summed E-state index contributed by atoms with van der Waals surface area (Å²) in [6.07, 6.45) is 4.06. The number of amides is 2. The highest BCUT2D eigenvalue weighted by Crippen LogP contribution is 2.34. The maximum atomic E-state index is 13.3. The lowest BCUT2D eigenvalue weighted by Crippen LogP contribution is -2.33. The minimum Gasteiger partial charge on any atom is -0.377 e. The molecular weight excluding hydrogens is 362 g/mol. The summed E-state index contributed by atoms with van der Waals surface area (Å²) in [6, 6.07) is 14.1. The molecule has 2 fully saturated rings. The van der Waals surface area contributed by atoms with E-state index in [1.165, 1.54) is 0 Å². The van der Waals surface area contributed by atoms with Crippen molar-refractivity contribution >= 4 is 23.2 Å². The van der Waals surface area contributed by atoms with Crippen molar-refractivity contribution in [3.05, 3.63) is 59.2 Å². The van der Waals surface area contributed by atoms with E-state index in [9.17, 15) is 9.59 Å². The van der Waals surface area contributed by atoms with Gasteiger partial charge in [-0.05, 0) is 68.5 Å². The van der Waals surface area contributed by atoms with Gasteiger partial charge in [-0.2, -0.15) is 0 Å². The van der Waals surface area contributed by atoms with Gasteiger partial charge in [-0.15, -0.1) is 0 Å². The fraction of sp³-hybridized carbons (Fsp3) is 0.417. The van der Waals surface area contributed by atoms with E-state index in [0.717, 1.165) is 53.7 Å². The smallest absolute Gasteiger partial charge is 0.254 e. The molecule has 0 heterocycles. The predicted octanol–water partition coefficient (Wildman–Crippen LogP) is 4.21. The molecule has 0 bridgehead atoms. The molecule has 2 aromatic rings. The summed E-state index contributed by atoms with van der Waals surface area (Å²) < 4.78 is 0. The summed E-state index contributed by atoms with van der Waals surface area (Å²) >= 11 is 0. The second-order valence-corrected chi connectivity index (χ2v) is 8.54. The highest BCUT2D eigenvalue weighted by molar-refractivity contribution is 5.95. The Balaban J connectivity index is 1.60. The lowest BCUT2D eigenvalue weighted by atomic mass is 10.1. The fourth-order valence-electron chi connectivity index (χ4n) is 3.70. The maximum absolute atomic E-state index is 13.3. The first-order valence-corrected chi connectivity index (χ1v) is 10.4. The molecule has 2 aliphatic carbocycles. The van der Waals surface area contributed by atoms with Crippen LogP contribution >= 0.6 is 0 Å². The SMILES string of the molecule is Cc1cccc(C(=O)N(Cc2cc(NC(=O)C3CC3)ccc2N(C)C)C2CC2)c1. The standard InChI is InChI=1S/C24H29N3O2/c1-16-5-4-6-18(13-16)24(29)27(21-10-11-21)15-19-14-20(9-12-22(19)26(2)3)25-23(28)17-7-8-17/h4-6,9,12-14,17,21H,7-8,10-11,15H2,1-3H3,(H,25,28). The number of hydrogen-bond donors (Lipinski definition) is 1. The van der Waals surface area contributed by atoms with Crippen LogP contribution in [0.3, 0.4) is 0 Å².